The molecule has 0 fully saturated rings. The Hall–Kier alpha value is -0.420. The molecule has 90 valence electrons. The molecule has 2 aromatic heterocycles. The molecule has 0 amide bonds. The number of hydrogen-bond acceptors (Lipinski definition) is 4. The van der Waals surface area contributed by atoms with Gasteiger partial charge in [0, 0.05) is 11.5 Å². The van der Waals surface area contributed by atoms with Gasteiger partial charge in [0.1, 0.15) is 9.98 Å². The molecule has 0 saturated heterocycles. The lowest BCUT2D eigenvalue weighted by Gasteiger charge is -2.09. The molecule has 2 aromatic rings. The molecule has 0 aliphatic heterocycles. The normalized spacial score (nSPS) is 18.9. The second kappa shape index (κ2) is 4.35. The van der Waals surface area contributed by atoms with Gasteiger partial charge in [0.2, 0.25) is 5.28 Å². The summed E-state index contributed by atoms with van der Waals surface area (Å²) in [6.45, 7) is 0.202. The second-order valence-corrected chi connectivity index (χ2v) is 5.93. The van der Waals surface area contributed by atoms with E-state index in [1.165, 1.54) is 10.4 Å². The minimum absolute atomic E-state index is 0.195. The van der Waals surface area contributed by atoms with E-state index >= 15 is 0 Å². The lowest BCUT2D eigenvalue weighted by Crippen LogP contribution is -1.97. The maximum atomic E-state index is 9.09. The van der Waals surface area contributed by atoms with Crippen molar-refractivity contribution in [2.24, 2.45) is 0 Å². The minimum Gasteiger partial charge on any atom is -0.396 e. The van der Waals surface area contributed by atoms with E-state index in [0.29, 0.717) is 11.1 Å². The summed E-state index contributed by atoms with van der Waals surface area (Å²) < 4.78 is 0. The van der Waals surface area contributed by atoms with Crippen molar-refractivity contribution in [2.75, 3.05) is 6.61 Å². The van der Waals surface area contributed by atoms with Crippen LogP contribution in [0.2, 0.25) is 10.4 Å². The molecule has 0 spiro atoms. The largest absolute Gasteiger partial charge is 0.396 e. The van der Waals surface area contributed by atoms with Crippen LogP contribution in [0.15, 0.2) is 0 Å². The van der Waals surface area contributed by atoms with Crippen LogP contribution in [0.4, 0.5) is 0 Å². The van der Waals surface area contributed by atoms with E-state index in [2.05, 4.69) is 9.97 Å². The Morgan fingerprint density at radius 3 is 2.94 bits per heavy atom. The van der Waals surface area contributed by atoms with Crippen LogP contribution in [0.5, 0.6) is 0 Å². The van der Waals surface area contributed by atoms with Gasteiger partial charge in [-0.2, -0.15) is 0 Å². The summed E-state index contributed by atoms with van der Waals surface area (Å²) in [6.07, 6.45) is 2.89. The van der Waals surface area contributed by atoms with Crippen LogP contribution in [0.25, 0.3) is 10.2 Å². The van der Waals surface area contributed by atoms with Gasteiger partial charge in [-0.3, -0.25) is 0 Å². The van der Waals surface area contributed by atoms with Gasteiger partial charge >= 0.3 is 0 Å². The summed E-state index contributed by atoms with van der Waals surface area (Å²) in [4.78, 5) is 10.4. The molecule has 0 radical (unpaired) electrons. The first-order chi connectivity index (χ1) is 8.20. The zero-order chi connectivity index (χ0) is 12.0. The molecule has 0 unspecified atom stereocenters. The van der Waals surface area contributed by atoms with Gasteiger partial charge in [-0.1, -0.05) is 11.6 Å². The van der Waals surface area contributed by atoms with E-state index < -0.39 is 0 Å². The average molecular weight is 289 g/mol. The predicted molar refractivity (Wildman–Crippen MR) is 70.2 cm³/mol. The van der Waals surface area contributed by atoms with Crippen LogP contribution in [0, 0.1) is 0 Å². The quantitative estimate of drug-likeness (QED) is 0.680. The summed E-state index contributed by atoms with van der Waals surface area (Å²) in [5, 5.41) is 10.7. The Bertz CT molecular complexity index is 584. The smallest absolute Gasteiger partial charge is 0.225 e. The van der Waals surface area contributed by atoms with Crippen molar-refractivity contribution in [3.05, 3.63) is 20.9 Å². The number of hydrogen-bond donors (Lipinski definition) is 1. The van der Waals surface area contributed by atoms with Crippen molar-refractivity contribution in [3.8, 4) is 0 Å². The van der Waals surface area contributed by atoms with Crippen LogP contribution in [-0.2, 0) is 6.42 Å². The van der Waals surface area contributed by atoms with Gasteiger partial charge in [-0.25, -0.2) is 9.97 Å². The molecule has 0 bridgehead atoms. The van der Waals surface area contributed by atoms with Gasteiger partial charge < -0.3 is 5.11 Å². The molecule has 1 aliphatic carbocycles. The Morgan fingerprint density at radius 1 is 1.35 bits per heavy atom. The standard InChI is InChI=1S/C11H10Cl2N2OS/c12-9-8-7-5(3-4-16)1-2-6(7)17-10(8)15-11(13)14-9/h5,16H,1-4H2/t5-/m1/s1. The topological polar surface area (TPSA) is 46.0 Å². The van der Waals surface area contributed by atoms with Crippen molar-refractivity contribution in [1.29, 1.82) is 0 Å². The molecule has 2 heterocycles. The molecular formula is C11H10Cl2N2OS. The highest BCUT2D eigenvalue weighted by Gasteiger charge is 2.29. The van der Waals surface area contributed by atoms with Gasteiger partial charge in [0.25, 0.3) is 0 Å². The molecule has 0 aromatic carbocycles. The number of fused-ring (bicyclic) bond motifs is 3. The van der Waals surface area contributed by atoms with Crippen LogP contribution < -0.4 is 0 Å². The molecule has 3 nitrogen and oxygen atoms in total. The first-order valence-electron chi connectivity index (χ1n) is 5.46. The minimum atomic E-state index is 0.195. The van der Waals surface area contributed by atoms with Gasteiger partial charge in [0.15, 0.2) is 0 Å². The molecule has 0 saturated carbocycles. The van der Waals surface area contributed by atoms with Crippen molar-refractivity contribution < 1.29 is 5.11 Å². The molecule has 1 aliphatic rings. The van der Waals surface area contributed by atoms with E-state index in [1.54, 1.807) is 11.3 Å². The SMILES string of the molecule is OCC[C@H]1CCc2sc3nc(Cl)nc(Cl)c3c21. The molecular weight excluding hydrogens is 279 g/mol. The van der Waals surface area contributed by atoms with Crippen LogP contribution in [0.3, 0.4) is 0 Å². The fourth-order valence-electron chi connectivity index (χ4n) is 2.51. The number of nitrogens with zero attached hydrogens (tertiary/aromatic N) is 2. The molecule has 1 N–H and O–H groups in total. The van der Waals surface area contributed by atoms with Crippen LogP contribution >= 0.6 is 34.5 Å². The molecule has 17 heavy (non-hydrogen) atoms. The third-order valence-electron chi connectivity index (χ3n) is 3.20. The summed E-state index contributed by atoms with van der Waals surface area (Å²) >= 11 is 13.6. The number of aromatic nitrogens is 2. The van der Waals surface area contributed by atoms with E-state index in [1.807, 2.05) is 0 Å². The maximum Gasteiger partial charge on any atom is 0.225 e. The Balaban J connectivity index is 2.23. The van der Waals surface area contributed by atoms with Crippen LogP contribution in [-0.4, -0.2) is 21.7 Å². The Morgan fingerprint density at radius 2 is 2.18 bits per heavy atom. The summed E-state index contributed by atoms with van der Waals surface area (Å²) in [6, 6.07) is 0. The average Bonchev–Trinajstić information content (AvgIpc) is 2.78. The summed E-state index contributed by atoms with van der Waals surface area (Å²) in [5.41, 5.74) is 1.24. The number of thiophene rings is 1. The van der Waals surface area contributed by atoms with E-state index in [4.69, 9.17) is 28.3 Å². The lowest BCUT2D eigenvalue weighted by atomic mass is 9.98. The lowest BCUT2D eigenvalue weighted by molar-refractivity contribution is 0.275. The predicted octanol–water partition coefficient (Wildman–Crippen LogP) is 3.41. The number of halogens is 2. The number of aryl methyl sites for hydroxylation is 1. The third kappa shape index (κ3) is 1.83. The van der Waals surface area contributed by atoms with Crippen molar-refractivity contribution in [3.63, 3.8) is 0 Å². The maximum absolute atomic E-state index is 9.09. The van der Waals surface area contributed by atoms with E-state index in [0.717, 1.165) is 29.5 Å². The van der Waals surface area contributed by atoms with E-state index in [-0.39, 0.29) is 11.9 Å². The molecule has 6 heteroatoms. The third-order valence-corrected chi connectivity index (χ3v) is 4.80. The van der Waals surface area contributed by atoms with Crippen molar-refractivity contribution in [1.82, 2.24) is 9.97 Å². The Kier molecular flexibility index (Phi) is 2.99. The Labute approximate surface area is 112 Å². The van der Waals surface area contributed by atoms with Crippen molar-refractivity contribution >= 4 is 44.8 Å². The highest BCUT2D eigenvalue weighted by molar-refractivity contribution is 7.19. The van der Waals surface area contributed by atoms with E-state index in [9.17, 15) is 0 Å². The van der Waals surface area contributed by atoms with Gasteiger partial charge in [-0.05, 0) is 42.3 Å². The zero-order valence-corrected chi connectivity index (χ0v) is 11.2. The summed E-state index contributed by atoms with van der Waals surface area (Å²) in [7, 11) is 0. The second-order valence-electron chi connectivity index (χ2n) is 4.15. The zero-order valence-electron chi connectivity index (χ0n) is 8.91. The first-order valence-corrected chi connectivity index (χ1v) is 7.03. The number of aliphatic hydroxyl groups is 1. The number of aliphatic hydroxyl groups excluding tert-OH is 1. The first kappa shape index (κ1) is 11.7. The monoisotopic (exact) mass is 288 g/mol. The van der Waals surface area contributed by atoms with Gasteiger partial charge in [0.05, 0.1) is 5.39 Å². The highest BCUT2D eigenvalue weighted by Crippen LogP contribution is 2.46. The molecule has 3 rings (SSSR count). The fraction of sp³-hybridized carbons (Fsp3) is 0.455. The fourth-order valence-corrected chi connectivity index (χ4v) is 4.38. The van der Waals surface area contributed by atoms with Crippen molar-refractivity contribution in [2.45, 2.75) is 25.2 Å². The molecule has 1 atom stereocenters. The van der Waals surface area contributed by atoms with Gasteiger partial charge in [-0.15, -0.1) is 11.3 Å². The summed E-state index contributed by atoms with van der Waals surface area (Å²) in [5.74, 6) is 0.381. The van der Waals surface area contributed by atoms with Crippen LogP contribution in [0.1, 0.15) is 29.2 Å². The highest BCUT2D eigenvalue weighted by atomic mass is 35.5. The number of rotatable bonds is 2.